The maximum absolute atomic E-state index is 8.56. The fourth-order valence-electron chi connectivity index (χ4n) is 3.30. The van der Waals surface area contributed by atoms with Crippen LogP contribution in [0.15, 0.2) is 24.3 Å². The normalized spacial score (nSPS) is 14.8. The van der Waals surface area contributed by atoms with Crippen molar-refractivity contribution in [2.24, 2.45) is 5.92 Å². The van der Waals surface area contributed by atoms with E-state index in [1.165, 1.54) is 76.2 Å². The molecule has 1 aromatic rings. The molecule has 0 atom stereocenters. The number of unbranched alkanes of at least 4 members (excludes halogenated alkanes) is 2. The van der Waals surface area contributed by atoms with Crippen LogP contribution in [0.4, 0.5) is 4.79 Å². The Labute approximate surface area is 140 Å². The lowest BCUT2D eigenvalue weighted by Crippen LogP contribution is -2.07. The van der Waals surface area contributed by atoms with Crippen LogP contribution in [0.2, 0.25) is 0 Å². The monoisotopic (exact) mass is 320 g/mol. The van der Waals surface area contributed by atoms with Crippen molar-refractivity contribution in [3.05, 3.63) is 35.4 Å². The topological polar surface area (TPSA) is 57.5 Å². The standard InChI is InChI=1S/C19H30.CH2O3/c1-2-3-5-8-18-12-15-19(16-13-18)14-11-17-9-6-4-7-10-17;2-1(3)4/h12-13,15-17H,2-11,14H2,1H3;(H2,2,3,4). The first kappa shape index (κ1) is 19.5. The molecule has 1 aliphatic carbocycles. The van der Waals surface area contributed by atoms with Crippen LogP contribution in [-0.2, 0) is 12.8 Å². The lowest BCUT2D eigenvalue weighted by atomic mass is 9.85. The average molecular weight is 320 g/mol. The molecule has 23 heavy (non-hydrogen) atoms. The molecule has 0 aromatic heterocycles. The molecule has 0 spiro atoms. The summed E-state index contributed by atoms with van der Waals surface area (Å²) in [6.45, 7) is 2.27. The Morgan fingerprint density at radius 2 is 1.48 bits per heavy atom. The summed E-state index contributed by atoms with van der Waals surface area (Å²) < 4.78 is 0. The van der Waals surface area contributed by atoms with E-state index in [1.807, 2.05) is 0 Å². The molecule has 0 heterocycles. The molecule has 0 radical (unpaired) electrons. The van der Waals surface area contributed by atoms with Crippen molar-refractivity contribution in [2.45, 2.75) is 77.6 Å². The molecule has 0 saturated heterocycles. The van der Waals surface area contributed by atoms with Gasteiger partial charge in [0, 0.05) is 0 Å². The van der Waals surface area contributed by atoms with E-state index in [0.717, 1.165) is 5.92 Å². The molecule has 2 N–H and O–H groups in total. The van der Waals surface area contributed by atoms with Crippen molar-refractivity contribution in [2.75, 3.05) is 0 Å². The van der Waals surface area contributed by atoms with Gasteiger partial charge in [-0.1, -0.05) is 76.1 Å². The largest absolute Gasteiger partial charge is 0.503 e. The third kappa shape index (κ3) is 9.98. The van der Waals surface area contributed by atoms with Crippen molar-refractivity contribution in [3.8, 4) is 0 Å². The van der Waals surface area contributed by atoms with Gasteiger partial charge in [0.1, 0.15) is 0 Å². The van der Waals surface area contributed by atoms with Crippen molar-refractivity contribution in [1.82, 2.24) is 0 Å². The Balaban J connectivity index is 0.000000593. The maximum Gasteiger partial charge on any atom is 0.503 e. The summed E-state index contributed by atoms with van der Waals surface area (Å²) in [5.74, 6) is 1.01. The second-order valence-electron chi connectivity index (χ2n) is 6.60. The van der Waals surface area contributed by atoms with E-state index in [2.05, 4.69) is 31.2 Å². The van der Waals surface area contributed by atoms with E-state index in [0.29, 0.717) is 0 Å². The summed E-state index contributed by atoms with van der Waals surface area (Å²) in [5, 5.41) is 13.9. The Kier molecular flexibility index (Phi) is 10.2. The molecular weight excluding hydrogens is 288 g/mol. The lowest BCUT2D eigenvalue weighted by Gasteiger charge is -2.21. The van der Waals surface area contributed by atoms with E-state index in [4.69, 9.17) is 15.0 Å². The minimum absolute atomic E-state index is 1.01. The Morgan fingerprint density at radius 3 is 2.00 bits per heavy atom. The van der Waals surface area contributed by atoms with E-state index in [-0.39, 0.29) is 0 Å². The van der Waals surface area contributed by atoms with Crippen molar-refractivity contribution < 1.29 is 15.0 Å². The highest BCUT2D eigenvalue weighted by molar-refractivity contribution is 5.53. The van der Waals surface area contributed by atoms with E-state index in [1.54, 1.807) is 5.56 Å². The van der Waals surface area contributed by atoms with Crippen molar-refractivity contribution in [3.63, 3.8) is 0 Å². The van der Waals surface area contributed by atoms with Gasteiger partial charge in [-0.3, -0.25) is 0 Å². The third-order valence-corrected chi connectivity index (χ3v) is 4.66. The minimum atomic E-state index is -1.83. The molecule has 3 heteroatoms. The van der Waals surface area contributed by atoms with Gasteiger partial charge in [0.15, 0.2) is 0 Å². The summed E-state index contributed by atoms with van der Waals surface area (Å²) in [5.41, 5.74) is 3.07. The number of hydrogen-bond acceptors (Lipinski definition) is 1. The molecule has 1 aromatic carbocycles. The Morgan fingerprint density at radius 1 is 0.957 bits per heavy atom. The first-order valence-corrected chi connectivity index (χ1v) is 9.11. The number of rotatable bonds is 7. The molecule has 0 bridgehead atoms. The zero-order valence-corrected chi connectivity index (χ0v) is 14.5. The highest BCUT2D eigenvalue weighted by Gasteiger charge is 2.12. The van der Waals surface area contributed by atoms with Crippen LogP contribution in [0.25, 0.3) is 0 Å². The van der Waals surface area contributed by atoms with Crippen LogP contribution < -0.4 is 0 Å². The fraction of sp³-hybridized carbons (Fsp3) is 0.650. The molecule has 130 valence electrons. The first-order valence-electron chi connectivity index (χ1n) is 9.11. The van der Waals surface area contributed by atoms with E-state index in [9.17, 15) is 0 Å². The van der Waals surface area contributed by atoms with Gasteiger partial charge in [-0.05, 0) is 42.7 Å². The lowest BCUT2D eigenvalue weighted by molar-refractivity contribution is 0.137. The summed E-state index contributed by atoms with van der Waals surface area (Å²) in [4.78, 5) is 8.56. The van der Waals surface area contributed by atoms with Crippen LogP contribution >= 0.6 is 0 Å². The molecule has 3 nitrogen and oxygen atoms in total. The van der Waals surface area contributed by atoms with Gasteiger partial charge >= 0.3 is 6.16 Å². The van der Waals surface area contributed by atoms with Crippen molar-refractivity contribution >= 4 is 6.16 Å². The van der Waals surface area contributed by atoms with Crippen LogP contribution in [-0.4, -0.2) is 16.4 Å². The number of hydrogen-bond donors (Lipinski definition) is 2. The molecule has 0 amide bonds. The van der Waals surface area contributed by atoms with Gasteiger partial charge in [0.2, 0.25) is 0 Å². The summed E-state index contributed by atoms with van der Waals surface area (Å²) >= 11 is 0. The smallest absolute Gasteiger partial charge is 0.450 e. The SMILES string of the molecule is CCCCCc1ccc(CCC2CCCCC2)cc1.O=C(O)O. The molecule has 2 rings (SSSR count). The molecule has 1 aliphatic rings. The second kappa shape index (κ2) is 12.0. The van der Waals surface area contributed by atoms with Gasteiger partial charge < -0.3 is 10.2 Å². The van der Waals surface area contributed by atoms with Crippen LogP contribution in [0.5, 0.6) is 0 Å². The number of carbonyl (C=O) groups is 1. The zero-order valence-electron chi connectivity index (χ0n) is 14.5. The quantitative estimate of drug-likeness (QED) is 0.592. The van der Waals surface area contributed by atoms with Gasteiger partial charge in [0.25, 0.3) is 0 Å². The van der Waals surface area contributed by atoms with Crippen LogP contribution in [0.3, 0.4) is 0 Å². The molecule has 0 unspecified atom stereocenters. The van der Waals surface area contributed by atoms with Gasteiger partial charge in [-0.25, -0.2) is 4.79 Å². The predicted molar refractivity (Wildman–Crippen MR) is 95.2 cm³/mol. The maximum atomic E-state index is 8.56. The van der Waals surface area contributed by atoms with Gasteiger partial charge in [-0.2, -0.15) is 0 Å². The van der Waals surface area contributed by atoms with Crippen molar-refractivity contribution in [1.29, 1.82) is 0 Å². The van der Waals surface area contributed by atoms with E-state index < -0.39 is 6.16 Å². The molecule has 1 saturated carbocycles. The fourth-order valence-corrected chi connectivity index (χ4v) is 3.30. The summed E-state index contributed by atoms with van der Waals surface area (Å²) in [7, 11) is 0. The number of benzene rings is 1. The van der Waals surface area contributed by atoms with Crippen LogP contribution in [0.1, 0.15) is 75.8 Å². The highest BCUT2D eigenvalue weighted by Crippen LogP contribution is 2.27. The molecule has 0 aliphatic heterocycles. The minimum Gasteiger partial charge on any atom is -0.450 e. The van der Waals surface area contributed by atoms with E-state index >= 15 is 0 Å². The second-order valence-corrected chi connectivity index (χ2v) is 6.60. The van der Waals surface area contributed by atoms with Crippen LogP contribution in [0, 0.1) is 5.92 Å². The molecule has 1 fully saturated rings. The number of carboxylic acid groups (broad SMARTS) is 2. The third-order valence-electron chi connectivity index (χ3n) is 4.66. The zero-order chi connectivity index (χ0) is 16.9. The molecular formula is C20H32O3. The van der Waals surface area contributed by atoms with Gasteiger partial charge in [-0.15, -0.1) is 0 Å². The number of aryl methyl sites for hydroxylation is 2. The predicted octanol–water partition coefficient (Wildman–Crippen LogP) is 6.15. The van der Waals surface area contributed by atoms with Gasteiger partial charge in [0.05, 0.1) is 0 Å². The summed E-state index contributed by atoms with van der Waals surface area (Å²) in [6, 6.07) is 9.44. The Bertz CT molecular complexity index is 415. The first-order chi connectivity index (χ1) is 11.1. The average Bonchev–Trinajstić information content (AvgIpc) is 2.55. The highest BCUT2D eigenvalue weighted by atomic mass is 16.6. The Hall–Kier alpha value is -1.51. The summed E-state index contributed by atoms with van der Waals surface area (Å²) in [6.07, 6.45) is 13.5.